The van der Waals surface area contributed by atoms with Gasteiger partial charge in [-0.25, -0.2) is 0 Å². The smallest absolute Gasteiger partial charge is 0.0703 e. The van der Waals surface area contributed by atoms with Crippen molar-refractivity contribution in [2.75, 3.05) is 5.32 Å². The van der Waals surface area contributed by atoms with E-state index < -0.39 is 0 Å². The first kappa shape index (κ1) is 12.4. The van der Waals surface area contributed by atoms with Crippen LogP contribution in [0.4, 0.5) is 5.69 Å². The predicted octanol–water partition coefficient (Wildman–Crippen LogP) is 4.72. The minimum atomic E-state index is 0.401. The summed E-state index contributed by atoms with van der Waals surface area (Å²) in [5.74, 6) is 0. The maximum absolute atomic E-state index is 4.54. The molecule has 0 aliphatic heterocycles. The number of aryl methyl sites for hydroxylation is 1. The molecule has 0 fully saturated rings. The van der Waals surface area contributed by atoms with Gasteiger partial charge in [-0.3, -0.25) is 4.98 Å². The molecule has 3 aromatic rings. The monoisotopic (exact) mass is 274 g/mol. The topological polar surface area (TPSA) is 24.9 Å². The summed E-state index contributed by atoms with van der Waals surface area (Å²) in [6.07, 6.45) is 5.57. The van der Waals surface area contributed by atoms with E-state index in [0.717, 1.165) is 11.2 Å². The van der Waals surface area contributed by atoms with Crippen LogP contribution in [0.1, 0.15) is 30.0 Å². The quantitative estimate of drug-likeness (QED) is 0.731. The van der Waals surface area contributed by atoms with Crippen molar-refractivity contribution in [3.63, 3.8) is 0 Å². The lowest BCUT2D eigenvalue weighted by atomic mass is 9.87. The number of anilines is 1. The van der Waals surface area contributed by atoms with E-state index in [1.54, 1.807) is 0 Å². The Hall–Kier alpha value is -2.35. The van der Waals surface area contributed by atoms with Crippen molar-refractivity contribution in [3.05, 3.63) is 71.9 Å². The lowest BCUT2D eigenvalue weighted by molar-refractivity contribution is 0.600. The number of hydrogen-bond donors (Lipinski definition) is 1. The average Bonchev–Trinajstić information content (AvgIpc) is 2.55. The first-order valence-electron chi connectivity index (χ1n) is 7.59. The van der Waals surface area contributed by atoms with Crippen LogP contribution in [0.15, 0.2) is 60.8 Å². The van der Waals surface area contributed by atoms with Gasteiger partial charge >= 0.3 is 0 Å². The van der Waals surface area contributed by atoms with Crippen molar-refractivity contribution in [1.29, 1.82) is 0 Å². The van der Waals surface area contributed by atoms with Crippen molar-refractivity contribution in [2.24, 2.45) is 0 Å². The van der Waals surface area contributed by atoms with Gasteiger partial charge in [0.2, 0.25) is 0 Å². The first-order chi connectivity index (χ1) is 10.4. The number of hydrogen-bond acceptors (Lipinski definition) is 2. The number of fused-ring (bicyclic) bond motifs is 2. The van der Waals surface area contributed by atoms with Crippen LogP contribution in [-0.4, -0.2) is 4.98 Å². The molecule has 104 valence electrons. The van der Waals surface area contributed by atoms with Crippen LogP contribution >= 0.6 is 0 Å². The standard InChI is InChI=1S/C19H18N2/c1-3-9-17-14(6-1)8-5-11-19(17)21-16-12-15-7-2-4-10-18(15)20-13-16/h1-4,6-7,9-10,12-13,19,21H,5,8,11H2. The van der Waals surface area contributed by atoms with Crippen LogP contribution < -0.4 is 5.32 Å². The Morgan fingerprint density at radius 3 is 2.86 bits per heavy atom. The highest BCUT2D eigenvalue weighted by atomic mass is 14.9. The van der Waals surface area contributed by atoms with Gasteiger partial charge in [-0.15, -0.1) is 0 Å². The Balaban J connectivity index is 1.66. The zero-order chi connectivity index (χ0) is 14.1. The third-order valence-corrected chi connectivity index (χ3v) is 4.30. The first-order valence-corrected chi connectivity index (χ1v) is 7.59. The molecule has 21 heavy (non-hydrogen) atoms. The Morgan fingerprint density at radius 2 is 1.86 bits per heavy atom. The molecule has 2 nitrogen and oxygen atoms in total. The largest absolute Gasteiger partial charge is 0.377 e. The van der Waals surface area contributed by atoms with E-state index in [9.17, 15) is 0 Å². The summed E-state index contributed by atoms with van der Waals surface area (Å²) < 4.78 is 0. The van der Waals surface area contributed by atoms with E-state index in [1.165, 1.54) is 35.8 Å². The number of nitrogens with one attached hydrogen (secondary N) is 1. The summed E-state index contributed by atoms with van der Waals surface area (Å²) in [5.41, 5.74) is 5.08. The van der Waals surface area contributed by atoms with Gasteiger partial charge < -0.3 is 5.32 Å². The molecule has 4 rings (SSSR count). The fourth-order valence-electron chi connectivity index (χ4n) is 3.26. The fourth-order valence-corrected chi connectivity index (χ4v) is 3.26. The zero-order valence-corrected chi connectivity index (χ0v) is 11.9. The molecular formula is C19H18N2. The zero-order valence-electron chi connectivity index (χ0n) is 11.9. The Labute approximate surface area is 124 Å². The van der Waals surface area contributed by atoms with E-state index in [-0.39, 0.29) is 0 Å². The maximum atomic E-state index is 4.54. The highest BCUT2D eigenvalue weighted by Gasteiger charge is 2.19. The molecule has 2 aromatic carbocycles. The van der Waals surface area contributed by atoms with E-state index in [1.807, 2.05) is 12.3 Å². The van der Waals surface area contributed by atoms with Crippen molar-refractivity contribution in [1.82, 2.24) is 4.98 Å². The summed E-state index contributed by atoms with van der Waals surface area (Å²) in [6, 6.07) is 19.6. The predicted molar refractivity (Wildman–Crippen MR) is 87.5 cm³/mol. The van der Waals surface area contributed by atoms with E-state index in [2.05, 4.69) is 58.8 Å². The molecule has 0 spiro atoms. The van der Waals surface area contributed by atoms with Crippen molar-refractivity contribution in [3.8, 4) is 0 Å². The van der Waals surface area contributed by atoms with E-state index in [4.69, 9.17) is 0 Å². The lowest BCUT2D eigenvalue weighted by Gasteiger charge is -2.27. The van der Waals surface area contributed by atoms with E-state index >= 15 is 0 Å². The van der Waals surface area contributed by atoms with Crippen molar-refractivity contribution in [2.45, 2.75) is 25.3 Å². The van der Waals surface area contributed by atoms with E-state index in [0.29, 0.717) is 6.04 Å². The van der Waals surface area contributed by atoms with Gasteiger partial charge in [0.15, 0.2) is 0 Å². The maximum Gasteiger partial charge on any atom is 0.0703 e. The van der Waals surface area contributed by atoms with Gasteiger partial charge in [0.25, 0.3) is 0 Å². The minimum absolute atomic E-state index is 0.401. The molecule has 0 radical (unpaired) electrons. The van der Waals surface area contributed by atoms with Crippen LogP contribution in [0, 0.1) is 0 Å². The summed E-state index contributed by atoms with van der Waals surface area (Å²) >= 11 is 0. The van der Waals surface area contributed by atoms with Gasteiger partial charge in [-0.05, 0) is 42.5 Å². The third kappa shape index (κ3) is 2.38. The second kappa shape index (κ2) is 5.21. The molecule has 1 aliphatic carbocycles. The molecule has 1 atom stereocenters. The Morgan fingerprint density at radius 1 is 1.00 bits per heavy atom. The molecule has 0 saturated carbocycles. The molecule has 0 bridgehead atoms. The van der Waals surface area contributed by atoms with Crippen LogP contribution in [0.25, 0.3) is 10.9 Å². The Bertz CT molecular complexity index is 779. The van der Waals surface area contributed by atoms with Gasteiger partial charge in [0.05, 0.1) is 23.4 Å². The summed E-state index contributed by atoms with van der Waals surface area (Å²) in [4.78, 5) is 4.54. The summed E-state index contributed by atoms with van der Waals surface area (Å²) in [7, 11) is 0. The molecule has 1 heterocycles. The van der Waals surface area contributed by atoms with Gasteiger partial charge in [-0.1, -0.05) is 42.5 Å². The molecular weight excluding hydrogens is 256 g/mol. The van der Waals surface area contributed by atoms with Crippen LogP contribution in [0.5, 0.6) is 0 Å². The number of pyridine rings is 1. The normalized spacial score (nSPS) is 17.4. The number of nitrogens with zero attached hydrogens (tertiary/aromatic N) is 1. The number of benzene rings is 2. The Kier molecular flexibility index (Phi) is 3.07. The average molecular weight is 274 g/mol. The van der Waals surface area contributed by atoms with Crippen LogP contribution in [0.3, 0.4) is 0 Å². The third-order valence-electron chi connectivity index (χ3n) is 4.30. The molecule has 1 aliphatic rings. The van der Waals surface area contributed by atoms with Gasteiger partial charge in [0, 0.05) is 5.39 Å². The van der Waals surface area contributed by atoms with Crippen molar-refractivity contribution >= 4 is 16.6 Å². The lowest BCUT2D eigenvalue weighted by Crippen LogP contribution is -2.17. The van der Waals surface area contributed by atoms with Gasteiger partial charge in [-0.2, -0.15) is 0 Å². The molecule has 1 N–H and O–H groups in total. The molecule has 2 heteroatoms. The van der Waals surface area contributed by atoms with Crippen LogP contribution in [0.2, 0.25) is 0 Å². The molecule has 0 amide bonds. The SMILES string of the molecule is c1ccc2c(c1)CCCC2Nc1cnc2ccccc2c1. The summed E-state index contributed by atoms with van der Waals surface area (Å²) in [6.45, 7) is 0. The molecule has 0 saturated heterocycles. The summed E-state index contributed by atoms with van der Waals surface area (Å²) in [5, 5.41) is 4.85. The fraction of sp³-hybridized carbons (Fsp3) is 0.211. The van der Waals surface area contributed by atoms with Crippen molar-refractivity contribution < 1.29 is 0 Å². The van der Waals surface area contributed by atoms with Gasteiger partial charge in [0.1, 0.15) is 0 Å². The number of para-hydroxylation sites is 1. The molecule has 1 aromatic heterocycles. The number of rotatable bonds is 2. The second-order valence-corrected chi connectivity index (χ2v) is 5.70. The number of aromatic nitrogens is 1. The highest BCUT2D eigenvalue weighted by Crippen LogP contribution is 2.32. The van der Waals surface area contributed by atoms with Crippen LogP contribution in [-0.2, 0) is 6.42 Å². The molecule has 1 unspecified atom stereocenters. The second-order valence-electron chi connectivity index (χ2n) is 5.70. The minimum Gasteiger partial charge on any atom is -0.377 e. The highest BCUT2D eigenvalue weighted by molar-refractivity contribution is 5.81.